The van der Waals surface area contributed by atoms with Gasteiger partial charge in [-0.3, -0.25) is 4.98 Å². The highest BCUT2D eigenvalue weighted by Crippen LogP contribution is 2.28. The Morgan fingerprint density at radius 1 is 1.11 bits per heavy atom. The molecule has 98 valence electrons. The molecule has 0 amide bonds. The molecule has 19 heavy (non-hydrogen) atoms. The van der Waals surface area contributed by atoms with Gasteiger partial charge in [0.05, 0.1) is 0 Å². The first-order valence-electron chi connectivity index (χ1n) is 7.02. The van der Waals surface area contributed by atoms with E-state index in [1.807, 2.05) is 12.4 Å². The van der Waals surface area contributed by atoms with Crippen molar-refractivity contribution in [1.29, 1.82) is 0 Å². The van der Waals surface area contributed by atoms with Crippen molar-refractivity contribution in [3.8, 4) is 11.1 Å². The summed E-state index contributed by atoms with van der Waals surface area (Å²) >= 11 is 0. The molecular formula is C17H20N2. The van der Waals surface area contributed by atoms with Gasteiger partial charge in [-0.05, 0) is 49.5 Å². The fourth-order valence-electron chi connectivity index (χ4n) is 2.91. The molecule has 1 saturated heterocycles. The SMILES string of the molecule is CN1CCCC(c2cncc(-c3ccccc3)c2)C1. The lowest BCUT2D eigenvalue weighted by atomic mass is 9.90. The first-order chi connectivity index (χ1) is 9.33. The van der Waals surface area contributed by atoms with Gasteiger partial charge in [0.1, 0.15) is 0 Å². The van der Waals surface area contributed by atoms with E-state index >= 15 is 0 Å². The maximum Gasteiger partial charge on any atom is 0.0346 e. The van der Waals surface area contributed by atoms with Crippen molar-refractivity contribution in [2.24, 2.45) is 0 Å². The first kappa shape index (κ1) is 12.4. The number of hydrogen-bond acceptors (Lipinski definition) is 2. The molecule has 1 aliphatic rings. The van der Waals surface area contributed by atoms with Gasteiger partial charge in [0.25, 0.3) is 0 Å². The smallest absolute Gasteiger partial charge is 0.0346 e. The van der Waals surface area contributed by atoms with Gasteiger partial charge in [-0.2, -0.15) is 0 Å². The summed E-state index contributed by atoms with van der Waals surface area (Å²) < 4.78 is 0. The minimum Gasteiger partial charge on any atom is -0.306 e. The molecule has 1 aromatic heterocycles. The Kier molecular flexibility index (Phi) is 3.60. The number of aromatic nitrogens is 1. The van der Waals surface area contributed by atoms with Crippen molar-refractivity contribution in [1.82, 2.24) is 9.88 Å². The van der Waals surface area contributed by atoms with Gasteiger partial charge in [-0.1, -0.05) is 30.3 Å². The fourth-order valence-corrected chi connectivity index (χ4v) is 2.91. The average Bonchev–Trinajstić information content (AvgIpc) is 2.48. The third-order valence-electron chi connectivity index (χ3n) is 3.96. The summed E-state index contributed by atoms with van der Waals surface area (Å²) in [4.78, 5) is 6.86. The number of pyridine rings is 1. The Bertz CT molecular complexity index is 536. The summed E-state index contributed by atoms with van der Waals surface area (Å²) in [6.07, 6.45) is 6.57. The van der Waals surface area contributed by atoms with E-state index in [1.165, 1.54) is 36.1 Å². The quantitative estimate of drug-likeness (QED) is 0.812. The largest absolute Gasteiger partial charge is 0.306 e. The molecule has 1 unspecified atom stereocenters. The normalized spacial score (nSPS) is 20.4. The molecular weight excluding hydrogens is 232 g/mol. The van der Waals surface area contributed by atoms with Crippen LogP contribution in [-0.4, -0.2) is 30.0 Å². The van der Waals surface area contributed by atoms with Crippen molar-refractivity contribution in [2.45, 2.75) is 18.8 Å². The van der Waals surface area contributed by atoms with E-state index in [9.17, 15) is 0 Å². The second kappa shape index (κ2) is 5.54. The van der Waals surface area contributed by atoms with Crippen molar-refractivity contribution in [3.05, 3.63) is 54.4 Å². The summed E-state index contributed by atoms with van der Waals surface area (Å²) in [5, 5.41) is 0. The molecule has 0 bridgehead atoms. The van der Waals surface area contributed by atoms with E-state index in [0.29, 0.717) is 5.92 Å². The summed E-state index contributed by atoms with van der Waals surface area (Å²) in [5.41, 5.74) is 3.86. The molecule has 2 aromatic rings. The van der Waals surface area contributed by atoms with E-state index in [4.69, 9.17) is 0 Å². The minimum atomic E-state index is 0.634. The molecule has 0 spiro atoms. The van der Waals surface area contributed by atoms with Gasteiger partial charge in [0.2, 0.25) is 0 Å². The predicted molar refractivity (Wildman–Crippen MR) is 79.1 cm³/mol. The van der Waals surface area contributed by atoms with Crippen LogP contribution in [-0.2, 0) is 0 Å². The van der Waals surface area contributed by atoms with Crippen LogP contribution in [0.5, 0.6) is 0 Å². The van der Waals surface area contributed by atoms with Crippen LogP contribution >= 0.6 is 0 Å². The summed E-state index contributed by atoms with van der Waals surface area (Å²) in [6.45, 7) is 2.38. The van der Waals surface area contributed by atoms with Crippen LogP contribution < -0.4 is 0 Å². The van der Waals surface area contributed by atoms with Crippen LogP contribution in [0, 0.1) is 0 Å². The highest BCUT2D eigenvalue weighted by atomic mass is 15.1. The van der Waals surface area contributed by atoms with Gasteiger partial charge >= 0.3 is 0 Å². The minimum absolute atomic E-state index is 0.634. The highest BCUT2D eigenvalue weighted by molar-refractivity contribution is 5.63. The van der Waals surface area contributed by atoms with Crippen LogP contribution in [0.1, 0.15) is 24.3 Å². The maximum atomic E-state index is 4.44. The second-order valence-electron chi connectivity index (χ2n) is 5.47. The molecule has 1 aliphatic heterocycles. The zero-order valence-corrected chi connectivity index (χ0v) is 11.4. The van der Waals surface area contributed by atoms with E-state index < -0.39 is 0 Å². The van der Waals surface area contributed by atoms with Crippen molar-refractivity contribution >= 4 is 0 Å². The monoisotopic (exact) mass is 252 g/mol. The van der Waals surface area contributed by atoms with Crippen molar-refractivity contribution in [2.75, 3.05) is 20.1 Å². The van der Waals surface area contributed by atoms with Gasteiger partial charge < -0.3 is 4.90 Å². The number of likely N-dealkylation sites (N-methyl/N-ethyl adjacent to an activating group) is 1. The Balaban J connectivity index is 1.88. The third kappa shape index (κ3) is 2.85. The lowest BCUT2D eigenvalue weighted by molar-refractivity contribution is 0.250. The van der Waals surface area contributed by atoms with Crippen LogP contribution in [0.25, 0.3) is 11.1 Å². The average molecular weight is 252 g/mol. The van der Waals surface area contributed by atoms with Gasteiger partial charge in [0.15, 0.2) is 0 Å². The summed E-state index contributed by atoms with van der Waals surface area (Å²) in [6, 6.07) is 12.8. The van der Waals surface area contributed by atoms with Gasteiger partial charge in [-0.15, -0.1) is 0 Å². The zero-order chi connectivity index (χ0) is 13.1. The van der Waals surface area contributed by atoms with E-state index in [0.717, 1.165) is 6.54 Å². The first-order valence-corrected chi connectivity index (χ1v) is 7.02. The van der Waals surface area contributed by atoms with Crippen molar-refractivity contribution in [3.63, 3.8) is 0 Å². The number of nitrogens with zero attached hydrogens (tertiary/aromatic N) is 2. The predicted octanol–water partition coefficient (Wildman–Crippen LogP) is 3.56. The maximum absolute atomic E-state index is 4.44. The zero-order valence-electron chi connectivity index (χ0n) is 11.4. The number of benzene rings is 1. The van der Waals surface area contributed by atoms with E-state index in [1.54, 1.807) is 0 Å². The number of piperidine rings is 1. The molecule has 0 radical (unpaired) electrons. The summed E-state index contributed by atoms with van der Waals surface area (Å²) in [7, 11) is 2.21. The molecule has 2 nitrogen and oxygen atoms in total. The van der Waals surface area contributed by atoms with Crippen LogP contribution in [0.2, 0.25) is 0 Å². The number of rotatable bonds is 2. The standard InChI is InChI=1S/C17H20N2/c1-19-9-5-8-15(13-19)17-10-16(11-18-12-17)14-6-3-2-4-7-14/h2-4,6-7,10-12,15H,5,8-9,13H2,1H3. The summed E-state index contributed by atoms with van der Waals surface area (Å²) in [5.74, 6) is 0.634. The Labute approximate surface area is 115 Å². The molecule has 2 heteroatoms. The topological polar surface area (TPSA) is 16.1 Å². The molecule has 0 aliphatic carbocycles. The Morgan fingerprint density at radius 3 is 2.74 bits per heavy atom. The highest BCUT2D eigenvalue weighted by Gasteiger charge is 2.19. The molecule has 1 atom stereocenters. The molecule has 1 aromatic carbocycles. The molecule has 3 rings (SSSR count). The Hall–Kier alpha value is -1.67. The third-order valence-corrected chi connectivity index (χ3v) is 3.96. The van der Waals surface area contributed by atoms with Crippen molar-refractivity contribution < 1.29 is 0 Å². The molecule has 1 fully saturated rings. The van der Waals surface area contributed by atoms with E-state index in [-0.39, 0.29) is 0 Å². The fraction of sp³-hybridized carbons (Fsp3) is 0.353. The lowest BCUT2D eigenvalue weighted by Crippen LogP contribution is -2.30. The second-order valence-corrected chi connectivity index (χ2v) is 5.47. The lowest BCUT2D eigenvalue weighted by Gasteiger charge is -2.29. The molecule has 2 heterocycles. The molecule has 0 saturated carbocycles. The number of likely N-dealkylation sites (tertiary alicyclic amines) is 1. The van der Waals surface area contributed by atoms with Gasteiger partial charge in [-0.25, -0.2) is 0 Å². The van der Waals surface area contributed by atoms with Crippen LogP contribution in [0.4, 0.5) is 0 Å². The molecule has 0 N–H and O–H groups in total. The van der Waals surface area contributed by atoms with E-state index in [2.05, 4.69) is 53.3 Å². The van der Waals surface area contributed by atoms with Crippen LogP contribution in [0.3, 0.4) is 0 Å². The van der Waals surface area contributed by atoms with Gasteiger partial charge in [0, 0.05) is 24.5 Å². The van der Waals surface area contributed by atoms with Crippen LogP contribution in [0.15, 0.2) is 48.8 Å². The Morgan fingerprint density at radius 2 is 1.95 bits per heavy atom. The number of hydrogen-bond donors (Lipinski definition) is 0.